The molecule has 0 atom stereocenters. The van der Waals surface area contributed by atoms with Gasteiger partial charge in [-0.25, -0.2) is 9.97 Å². The van der Waals surface area contributed by atoms with Crippen molar-refractivity contribution >= 4 is 34.3 Å². The van der Waals surface area contributed by atoms with Gasteiger partial charge in [0.1, 0.15) is 16.9 Å². The van der Waals surface area contributed by atoms with Crippen molar-refractivity contribution in [2.75, 3.05) is 18.5 Å². The summed E-state index contributed by atoms with van der Waals surface area (Å²) in [4.78, 5) is 13.4. The molecule has 0 aliphatic heterocycles. The van der Waals surface area contributed by atoms with Gasteiger partial charge in [-0.2, -0.15) is 10.1 Å². The molecule has 0 aromatic carbocycles. The van der Waals surface area contributed by atoms with E-state index in [2.05, 4.69) is 32.3 Å². The Labute approximate surface area is 157 Å². The van der Waals surface area contributed by atoms with Crippen molar-refractivity contribution < 1.29 is 4.74 Å². The molecule has 138 valence electrons. The molecular weight excluding hydrogens is 352 g/mol. The lowest BCUT2D eigenvalue weighted by Gasteiger charge is -2.10. The van der Waals surface area contributed by atoms with Gasteiger partial charge in [0.2, 0.25) is 5.28 Å². The number of rotatable bonds is 8. The SMILES string of the molecule is CCOCCn1nc(CC)c2nc(Cl)nc(Nc3cccc(CC)n3)c21. The Morgan fingerprint density at radius 2 is 1.96 bits per heavy atom. The molecule has 3 aromatic heterocycles. The van der Waals surface area contributed by atoms with Crippen LogP contribution in [-0.2, 0) is 24.1 Å². The summed E-state index contributed by atoms with van der Waals surface area (Å²) in [5.74, 6) is 1.32. The Kier molecular flexibility index (Phi) is 6.00. The second-order valence-electron chi connectivity index (χ2n) is 5.75. The lowest BCUT2D eigenvalue weighted by molar-refractivity contribution is 0.137. The Bertz CT molecular complexity index is 895. The van der Waals surface area contributed by atoms with Crippen LogP contribution in [0, 0.1) is 0 Å². The number of aryl methyl sites for hydroxylation is 2. The predicted octanol–water partition coefficient (Wildman–Crippen LogP) is 3.78. The average molecular weight is 375 g/mol. The van der Waals surface area contributed by atoms with Gasteiger partial charge in [-0.15, -0.1) is 0 Å². The summed E-state index contributed by atoms with van der Waals surface area (Å²) in [6, 6.07) is 5.87. The number of hydrogen-bond donors (Lipinski definition) is 1. The highest BCUT2D eigenvalue weighted by Crippen LogP contribution is 2.27. The molecule has 0 unspecified atom stereocenters. The van der Waals surface area contributed by atoms with E-state index in [9.17, 15) is 0 Å². The molecule has 0 radical (unpaired) electrons. The van der Waals surface area contributed by atoms with Crippen LogP contribution in [0.15, 0.2) is 18.2 Å². The molecule has 0 aliphatic rings. The molecule has 0 bridgehead atoms. The highest BCUT2D eigenvalue weighted by atomic mass is 35.5. The first kappa shape index (κ1) is 18.5. The third kappa shape index (κ3) is 3.94. The zero-order chi connectivity index (χ0) is 18.5. The number of pyridine rings is 1. The number of hydrogen-bond acceptors (Lipinski definition) is 6. The maximum absolute atomic E-state index is 6.17. The van der Waals surface area contributed by atoms with Crippen molar-refractivity contribution in [3.8, 4) is 0 Å². The smallest absolute Gasteiger partial charge is 0.225 e. The molecule has 0 aliphatic carbocycles. The van der Waals surface area contributed by atoms with Gasteiger partial charge >= 0.3 is 0 Å². The minimum Gasteiger partial charge on any atom is -0.380 e. The van der Waals surface area contributed by atoms with Crippen LogP contribution in [0.25, 0.3) is 11.0 Å². The second kappa shape index (κ2) is 8.42. The van der Waals surface area contributed by atoms with Crippen LogP contribution in [-0.4, -0.2) is 37.9 Å². The number of halogens is 1. The van der Waals surface area contributed by atoms with E-state index in [0.29, 0.717) is 25.6 Å². The van der Waals surface area contributed by atoms with E-state index in [0.717, 1.165) is 41.1 Å². The molecule has 1 N–H and O–H groups in total. The second-order valence-corrected chi connectivity index (χ2v) is 6.09. The summed E-state index contributed by atoms with van der Waals surface area (Å²) < 4.78 is 7.36. The van der Waals surface area contributed by atoms with E-state index >= 15 is 0 Å². The fraction of sp³-hybridized carbons (Fsp3) is 0.444. The maximum Gasteiger partial charge on any atom is 0.225 e. The fourth-order valence-corrected chi connectivity index (χ4v) is 2.94. The molecule has 3 aromatic rings. The monoisotopic (exact) mass is 374 g/mol. The molecule has 0 fully saturated rings. The number of fused-ring (bicyclic) bond motifs is 1. The van der Waals surface area contributed by atoms with E-state index in [1.807, 2.05) is 36.7 Å². The van der Waals surface area contributed by atoms with Crippen molar-refractivity contribution in [1.29, 1.82) is 0 Å². The molecule has 3 heterocycles. The van der Waals surface area contributed by atoms with Crippen molar-refractivity contribution in [2.45, 2.75) is 40.2 Å². The van der Waals surface area contributed by atoms with E-state index in [1.54, 1.807) is 0 Å². The minimum atomic E-state index is 0.186. The summed E-state index contributed by atoms with van der Waals surface area (Å²) in [7, 11) is 0. The van der Waals surface area contributed by atoms with E-state index in [1.165, 1.54) is 0 Å². The van der Waals surface area contributed by atoms with Gasteiger partial charge in [0.25, 0.3) is 0 Å². The van der Waals surface area contributed by atoms with Crippen LogP contribution >= 0.6 is 11.6 Å². The molecule has 0 spiro atoms. The molecule has 8 heteroatoms. The summed E-state index contributed by atoms with van der Waals surface area (Å²) in [6.07, 6.45) is 1.62. The van der Waals surface area contributed by atoms with Gasteiger partial charge in [0.05, 0.1) is 18.8 Å². The fourth-order valence-electron chi connectivity index (χ4n) is 2.77. The molecule has 0 saturated carbocycles. The van der Waals surface area contributed by atoms with Crippen LogP contribution in [0.3, 0.4) is 0 Å². The first-order valence-electron chi connectivity index (χ1n) is 8.89. The van der Waals surface area contributed by atoms with Crippen molar-refractivity contribution in [3.05, 3.63) is 34.9 Å². The standard InChI is InChI=1S/C18H23ClN6O/c1-4-12-8-7-9-14(20-12)21-17-16-15(22-18(19)23-17)13(5-2)24-25(16)10-11-26-6-3/h7-9H,4-6,10-11H2,1-3H3,(H,20,21,22,23). The summed E-state index contributed by atoms with van der Waals surface area (Å²) in [6.45, 7) is 7.95. The lowest BCUT2D eigenvalue weighted by Crippen LogP contribution is -2.09. The largest absolute Gasteiger partial charge is 0.380 e. The molecule has 26 heavy (non-hydrogen) atoms. The van der Waals surface area contributed by atoms with Crippen LogP contribution < -0.4 is 5.32 Å². The van der Waals surface area contributed by atoms with Gasteiger partial charge in [-0.1, -0.05) is 19.9 Å². The van der Waals surface area contributed by atoms with Crippen molar-refractivity contribution in [1.82, 2.24) is 24.7 Å². The number of nitrogens with one attached hydrogen (secondary N) is 1. The summed E-state index contributed by atoms with van der Waals surface area (Å²) >= 11 is 6.17. The van der Waals surface area contributed by atoms with Gasteiger partial charge < -0.3 is 10.1 Å². The Balaban J connectivity index is 2.06. The Morgan fingerprint density at radius 1 is 1.12 bits per heavy atom. The number of aromatic nitrogens is 5. The molecule has 0 amide bonds. The zero-order valence-corrected chi connectivity index (χ0v) is 16.0. The maximum atomic E-state index is 6.17. The van der Waals surface area contributed by atoms with Gasteiger partial charge in [0, 0.05) is 12.3 Å². The highest BCUT2D eigenvalue weighted by molar-refractivity contribution is 6.28. The third-order valence-electron chi connectivity index (χ3n) is 4.03. The first-order valence-corrected chi connectivity index (χ1v) is 9.27. The average Bonchev–Trinajstić information content (AvgIpc) is 3.00. The van der Waals surface area contributed by atoms with Crippen molar-refractivity contribution in [3.63, 3.8) is 0 Å². The van der Waals surface area contributed by atoms with Gasteiger partial charge in [-0.05, 0) is 43.5 Å². The molecular formula is C18H23ClN6O. The van der Waals surface area contributed by atoms with Crippen LogP contribution in [0.2, 0.25) is 5.28 Å². The van der Waals surface area contributed by atoms with Gasteiger partial charge in [0.15, 0.2) is 5.82 Å². The Hall–Kier alpha value is -2.25. The van der Waals surface area contributed by atoms with Crippen molar-refractivity contribution in [2.24, 2.45) is 0 Å². The van der Waals surface area contributed by atoms with E-state index in [-0.39, 0.29) is 5.28 Å². The summed E-state index contributed by atoms with van der Waals surface area (Å²) in [5.41, 5.74) is 3.47. The summed E-state index contributed by atoms with van der Waals surface area (Å²) in [5, 5.41) is 8.14. The predicted molar refractivity (Wildman–Crippen MR) is 103 cm³/mol. The first-order chi connectivity index (χ1) is 12.7. The Morgan fingerprint density at radius 3 is 2.69 bits per heavy atom. The normalized spacial score (nSPS) is 11.2. The number of ether oxygens (including phenoxy) is 1. The highest BCUT2D eigenvalue weighted by Gasteiger charge is 2.18. The minimum absolute atomic E-state index is 0.186. The molecule has 7 nitrogen and oxygen atoms in total. The van der Waals surface area contributed by atoms with E-state index in [4.69, 9.17) is 16.3 Å². The third-order valence-corrected chi connectivity index (χ3v) is 4.20. The van der Waals surface area contributed by atoms with E-state index < -0.39 is 0 Å². The zero-order valence-electron chi connectivity index (χ0n) is 15.3. The number of nitrogens with zero attached hydrogens (tertiary/aromatic N) is 5. The lowest BCUT2D eigenvalue weighted by atomic mass is 10.2. The van der Waals surface area contributed by atoms with Gasteiger partial charge in [-0.3, -0.25) is 4.68 Å². The number of anilines is 2. The molecule has 0 saturated heterocycles. The quantitative estimate of drug-likeness (QED) is 0.477. The topological polar surface area (TPSA) is 77.8 Å². The van der Waals surface area contributed by atoms with Crippen LogP contribution in [0.4, 0.5) is 11.6 Å². The van der Waals surface area contributed by atoms with Crippen LogP contribution in [0.5, 0.6) is 0 Å². The van der Waals surface area contributed by atoms with Crippen LogP contribution in [0.1, 0.15) is 32.2 Å². The molecule has 3 rings (SSSR count).